The van der Waals surface area contributed by atoms with Crippen molar-refractivity contribution in [3.8, 4) is 0 Å². The number of rotatable bonds is 20. The zero-order chi connectivity index (χ0) is 41.7. The smallest absolute Gasteiger partial charge is 0.277 e. The van der Waals surface area contributed by atoms with E-state index in [0.717, 1.165) is 91.6 Å². The van der Waals surface area contributed by atoms with Crippen LogP contribution in [0.2, 0.25) is 0 Å². The number of benzene rings is 1. The number of hydrogen-bond donors (Lipinski definition) is 2. The van der Waals surface area contributed by atoms with Gasteiger partial charge in [-0.05, 0) is 100 Å². The number of anilines is 1. The molecule has 5 rings (SSSR count). The first-order valence-electron chi connectivity index (χ1n) is 20.7. The van der Waals surface area contributed by atoms with Gasteiger partial charge >= 0.3 is 0 Å². The molecule has 2 aromatic heterocycles. The van der Waals surface area contributed by atoms with Gasteiger partial charge in [0.15, 0.2) is 0 Å². The Morgan fingerprint density at radius 3 is 2.33 bits per heavy atom. The van der Waals surface area contributed by atoms with E-state index in [9.17, 15) is 4.79 Å². The number of ether oxygens (including phenoxy) is 1. The van der Waals surface area contributed by atoms with E-state index >= 15 is 0 Å². The Hall–Kier alpha value is -5.95. The minimum atomic E-state index is -0.175. The molecule has 304 valence electrons. The highest BCUT2D eigenvalue weighted by Crippen LogP contribution is 2.36. The molecule has 2 saturated carbocycles. The third-order valence-electron chi connectivity index (χ3n) is 9.77. The van der Waals surface area contributed by atoms with Crippen LogP contribution in [0.25, 0.3) is 17.4 Å². The Labute approximate surface area is 347 Å². The molecule has 7 nitrogen and oxygen atoms in total. The van der Waals surface area contributed by atoms with Gasteiger partial charge in [0.1, 0.15) is 23.0 Å². The van der Waals surface area contributed by atoms with Gasteiger partial charge in [-0.25, -0.2) is 4.98 Å². The second-order valence-corrected chi connectivity index (χ2v) is 14.5. The lowest BCUT2D eigenvalue weighted by Gasteiger charge is -2.25. The van der Waals surface area contributed by atoms with Crippen LogP contribution in [0.3, 0.4) is 0 Å². The van der Waals surface area contributed by atoms with Crippen molar-refractivity contribution in [2.24, 2.45) is 0 Å². The number of aryl methyl sites for hydroxylation is 1. The molecule has 0 saturated heterocycles. The summed E-state index contributed by atoms with van der Waals surface area (Å²) in [5, 5.41) is 7.17. The highest BCUT2D eigenvalue weighted by Gasteiger charge is 2.25. The molecule has 2 aliphatic carbocycles. The van der Waals surface area contributed by atoms with E-state index in [-0.39, 0.29) is 5.56 Å². The number of nitrogens with one attached hydrogen (secondary N) is 2. The molecule has 2 fully saturated rings. The van der Waals surface area contributed by atoms with Crippen LogP contribution in [0.4, 0.5) is 5.69 Å². The second kappa shape index (κ2) is 24.0. The molecule has 0 amide bonds. The van der Waals surface area contributed by atoms with Gasteiger partial charge in [-0.1, -0.05) is 131 Å². The van der Waals surface area contributed by atoms with Crippen LogP contribution in [-0.2, 0) is 17.7 Å². The fraction of sp³-hybridized carbons (Fsp3) is 0.314. The van der Waals surface area contributed by atoms with Gasteiger partial charge < -0.3 is 15.4 Å². The van der Waals surface area contributed by atoms with Crippen LogP contribution < -0.4 is 16.2 Å². The van der Waals surface area contributed by atoms with Crippen LogP contribution in [0.15, 0.2) is 162 Å². The summed E-state index contributed by atoms with van der Waals surface area (Å²) in [5.74, 6) is 1.80. The Morgan fingerprint density at radius 2 is 1.72 bits per heavy atom. The SMILES string of the molecule is C=C/C(=C\C=C/C)c1ncc(NC(C(=C)O/C(=C\CCC)c2ccccc2)=C2CC2)c(=O)n1CC(NC/C(C)=C/c1cnccc1CCC)=C1CCC1.C=C/C=C\C. The zero-order valence-electron chi connectivity index (χ0n) is 35.4. The average molecular weight is 778 g/mol. The summed E-state index contributed by atoms with van der Waals surface area (Å²) in [7, 11) is 0. The van der Waals surface area contributed by atoms with E-state index in [4.69, 9.17) is 9.72 Å². The van der Waals surface area contributed by atoms with Crippen LogP contribution in [0.5, 0.6) is 0 Å². The lowest BCUT2D eigenvalue weighted by Crippen LogP contribution is -2.32. The van der Waals surface area contributed by atoms with Crippen LogP contribution in [0, 0.1) is 0 Å². The molecule has 58 heavy (non-hydrogen) atoms. The summed E-state index contributed by atoms with van der Waals surface area (Å²) < 4.78 is 8.23. The summed E-state index contributed by atoms with van der Waals surface area (Å²) in [6.45, 7) is 23.3. The normalized spacial score (nSPS) is 14.1. The zero-order valence-corrected chi connectivity index (χ0v) is 35.4. The van der Waals surface area contributed by atoms with Gasteiger partial charge in [0.05, 0.1) is 18.4 Å². The molecule has 0 bridgehead atoms. The van der Waals surface area contributed by atoms with E-state index < -0.39 is 0 Å². The van der Waals surface area contributed by atoms with Crippen molar-refractivity contribution in [1.29, 1.82) is 0 Å². The van der Waals surface area contributed by atoms with E-state index in [2.05, 4.69) is 74.3 Å². The molecule has 0 aliphatic heterocycles. The fourth-order valence-corrected chi connectivity index (χ4v) is 6.34. The van der Waals surface area contributed by atoms with Gasteiger partial charge in [-0.15, -0.1) is 0 Å². The van der Waals surface area contributed by atoms with E-state index in [1.165, 1.54) is 22.3 Å². The summed E-state index contributed by atoms with van der Waals surface area (Å²) in [5.41, 5.74) is 9.90. The quantitative estimate of drug-likeness (QED) is 0.0878. The topological polar surface area (TPSA) is 81.1 Å². The van der Waals surface area contributed by atoms with Gasteiger partial charge in [0.2, 0.25) is 0 Å². The molecule has 3 aromatic rings. The molecule has 1 aromatic carbocycles. The minimum Gasteiger partial charge on any atom is -0.456 e. The molecule has 0 radical (unpaired) electrons. The van der Waals surface area contributed by atoms with Gasteiger partial charge in [-0.3, -0.25) is 14.3 Å². The molecule has 2 N–H and O–H groups in total. The van der Waals surface area contributed by atoms with Gasteiger partial charge in [-0.2, -0.15) is 0 Å². The van der Waals surface area contributed by atoms with Gasteiger partial charge in [0, 0.05) is 35.8 Å². The van der Waals surface area contributed by atoms with Crippen molar-refractivity contribution >= 4 is 23.1 Å². The predicted molar refractivity (Wildman–Crippen MR) is 247 cm³/mol. The third kappa shape index (κ3) is 13.3. The molecular weight excluding hydrogens is 715 g/mol. The highest BCUT2D eigenvalue weighted by atomic mass is 16.5. The maximum Gasteiger partial charge on any atom is 0.277 e. The lowest BCUT2D eigenvalue weighted by molar-refractivity contribution is 0.394. The first-order valence-corrected chi connectivity index (χ1v) is 20.7. The fourth-order valence-electron chi connectivity index (χ4n) is 6.34. The molecular formula is C51H63N5O2. The summed E-state index contributed by atoms with van der Waals surface area (Å²) in [6.07, 6.45) is 31.9. The van der Waals surface area contributed by atoms with Crippen molar-refractivity contribution in [2.75, 3.05) is 11.9 Å². The van der Waals surface area contributed by atoms with Crippen molar-refractivity contribution in [2.45, 2.75) is 99.0 Å². The van der Waals surface area contributed by atoms with Crippen LogP contribution in [-0.4, -0.2) is 21.1 Å². The first-order chi connectivity index (χ1) is 28.3. The van der Waals surface area contributed by atoms with Crippen molar-refractivity contribution in [3.63, 3.8) is 0 Å². The minimum absolute atomic E-state index is 0.175. The number of hydrogen-bond acceptors (Lipinski definition) is 6. The Balaban J connectivity index is 0.00000140. The molecule has 7 heteroatoms. The second-order valence-electron chi connectivity index (χ2n) is 14.5. The van der Waals surface area contributed by atoms with Crippen molar-refractivity contribution in [3.05, 3.63) is 190 Å². The van der Waals surface area contributed by atoms with Crippen LogP contribution >= 0.6 is 0 Å². The number of aromatic nitrogens is 3. The summed E-state index contributed by atoms with van der Waals surface area (Å²) in [4.78, 5) is 23.9. The third-order valence-corrected chi connectivity index (χ3v) is 9.77. The maximum absolute atomic E-state index is 14.6. The molecule has 2 heterocycles. The number of allylic oxidation sites excluding steroid dienone is 12. The molecule has 0 atom stereocenters. The molecule has 2 aliphatic rings. The first kappa shape index (κ1) is 44.8. The van der Waals surface area contributed by atoms with E-state index in [0.29, 0.717) is 30.4 Å². The Morgan fingerprint density at radius 1 is 0.966 bits per heavy atom. The molecule has 0 spiro atoms. The molecule has 0 unspecified atom stereocenters. The Kier molecular flexibility index (Phi) is 18.5. The van der Waals surface area contributed by atoms with Gasteiger partial charge in [0.25, 0.3) is 5.56 Å². The monoisotopic (exact) mass is 777 g/mol. The van der Waals surface area contributed by atoms with Crippen molar-refractivity contribution < 1.29 is 4.74 Å². The lowest BCUT2D eigenvalue weighted by atomic mass is 9.90. The highest BCUT2D eigenvalue weighted by molar-refractivity contribution is 5.71. The van der Waals surface area contributed by atoms with Crippen LogP contribution in [0.1, 0.15) is 109 Å². The number of unbranched alkanes of at least 4 members (excludes halogenated alkanes) is 1. The largest absolute Gasteiger partial charge is 0.456 e. The predicted octanol–water partition coefficient (Wildman–Crippen LogP) is 12.4. The number of pyridine rings is 1. The summed E-state index contributed by atoms with van der Waals surface area (Å²) in [6, 6.07) is 12.2. The van der Waals surface area contributed by atoms with E-state index in [1.807, 2.05) is 87.0 Å². The Bertz CT molecular complexity index is 2150. The standard InChI is InChI=1S/C46H55N5O2.C5H8/c1-7-11-18-35(10-4)45-49-31-41(50-44(39-24-25-39)34(6)53-43(23-12-8-2)38-19-14-13-15-20-38)46(52)51(45)32-42(37-21-16-22-37)48-29-33(5)28-40-30-47-27-26-36(40)17-9-3;1-3-5-4-2/h7,10-11,13-15,18-20,23,26-28,30-31,48,50H,4,6,8-9,12,16-17,21-22,24-25,29,32H2,1-3,5H3;3-5H,1H2,2H3/b11-7-,33-28+,35-18+,43-23-;5-4-. The van der Waals surface area contributed by atoms with E-state index in [1.54, 1.807) is 22.9 Å². The summed E-state index contributed by atoms with van der Waals surface area (Å²) >= 11 is 0. The maximum atomic E-state index is 14.6. The number of nitrogens with zero attached hydrogens (tertiary/aromatic N) is 3. The van der Waals surface area contributed by atoms with Crippen molar-refractivity contribution in [1.82, 2.24) is 19.9 Å². The average Bonchev–Trinajstić information content (AvgIpc) is 4.06.